The summed E-state index contributed by atoms with van der Waals surface area (Å²) in [5.74, 6) is 1.32. The van der Waals surface area contributed by atoms with Crippen LogP contribution in [0, 0.1) is 12.8 Å². The molecule has 2 aliphatic rings. The Balaban J connectivity index is 1.86. The van der Waals surface area contributed by atoms with Crippen molar-refractivity contribution in [1.82, 2.24) is 0 Å². The van der Waals surface area contributed by atoms with Crippen LogP contribution in [-0.4, -0.2) is 12.2 Å². The summed E-state index contributed by atoms with van der Waals surface area (Å²) >= 11 is 6.51. The second-order valence-corrected chi connectivity index (χ2v) is 6.93. The van der Waals surface area contributed by atoms with Crippen LogP contribution >= 0.6 is 11.6 Å². The van der Waals surface area contributed by atoms with Gasteiger partial charge in [-0.25, -0.2) is 0 Å². The minimum atomic E-state index is 0.0183. The molecule has 0 fully saturated rings. The highest BCUT2D eigenvalue weighted by Gasteiger charge is 2.40. The highest BCUT2D eigenvalue weighted by atomic mass is 35.5. The normalized spacial score (nSPS) is 24.2. The number of allylic oxidation sites excluding steroid dienone is 2. The molecule has 1 aliphatic carbocycles. The second kappa shape index (κ2) is 5.75. The molecule has 4 rings (SSSR count). The van der Waals surface area contributed by atoms with Crippen LogP contribution in [0.3, 0.4) is 0 Å². The number of phenols is 1. The van der Waals surface area contributed by atoms with Gasteiger partial charge in [-0.05, 0) is 37.0 Å². The standard InChI is InChI=1S/C20H20ClNO2/c1-11-9-10-15(21)17-12-5-3-6-13(12)19(22-18(11)17)14-7-4-8-16(24-2)20(14)23/h3-5,7-10,12-13,19,22-23H,6H2,1-2H3. The molecule has 124 valence electrons. The van der Waals surface area contributed by atoms with Crippen molar-refractivity contribution in [2.24, 2.45) is 5.92 Å². The van der Waals surface area contributed by atoms with Crippen molar-refractivity contribution in [2.45, 2.75) is 25.3 Å². The minimum absolute atomic E-state index is 0.0183. The fourth-order valence-corrected chi connectivity index (χ4v) is 4.36. The molecule has 0 radical (unpaired) electrons. The van der Waals surface area contributed by atoms with Gasteiger partial charge in [-0.1, -0.05) is 42.0 Å². The topological polar surface area (TPSA) is 41.5 Å². The molecule has 4 heteroatoms. The Morgan fingerprint density at radius 3 is 2.88 bits per heavy atom. The Morgan fingerprint density at radius 2 is 2.08 bits per heavy atom. The molecule has 0 bridgehead atoms. The van der Waals surface area contributed by atoms with E-state index in [-0.39, 0.29) is 17.7 Å². The van der Waals surface area contributed by atoms with Gasteiger partial charge in [-0.3, -0.25) is 0 Å². The van der Waals surface area contributed by atoms with Gasteiger partial charge in [0, 0.05) is 27.8 Å². The number of aryl methyl sites for hydroxylation is 1. The molecule has 0 spiro atoms. The van der Waals surface area contributed by atoms with Crippen molar-refractivity contribution in [2.75, 3.05) is 12.4 Å². The van der Waals surface area contributed by atoms with Crippen molar-refractivity contribution in [3.05, 3.63) is 64.2 Å². The summed E-state index contributed by atoms with van der Waals surface area (Å²) < 4.78 is 5.29. The number of aromatic hydroxyl groups is 1. The predicted molar refractivity (Wildman–Crippen MR) is 97.2 cm³/mol. The zero-order chi connectivity index (χ0) is 16.8. The molecule has 24 heavy (non-hydrogen) atoms. The molecule has 1 heterocycles. The highest BCUT2D eigenvalue weighted by Crippen LogP contribution is 2.54. The lowest BCUT2D eigenvalue weighted by molar-refractivity contribution is 0.358. The Hall–Kier alpha value is -2.13. The quantitative estimate of drug-likeness (QED) is 0.739. The number of rotatable bonds is 2. The molecule has 2 aromatic rings. The van der Waals surface area contributed by atoms with E-state index in [0.717, 1.165) is 22.7 Å². The van der Waals surface area contributed by atoms with Gasteiger partial charge in [0.15, 0.2) is 11.5 Å². The fourth-order valence-electron chi connectivity index (χ4n) is 4.07. The second-order valence-electron chi connectivity index (χ2n) is 6.53. The van der Waals surface area contributed by atoms with Crippen molar-refractivity contribution >= 4 is 17.3 Å². The van der Waals surface area contributed by atoms with Gasteiger partial charge >= 0.3 is 0 Å². The van der Waals surface area contributed by atoms with Gasteiger partial charge in [-0.15, -0.1) is 0 Å². The van der Waals surface area contributed by atoms with Crippen molar-refractivity contribution in [3.63, 3.8) is 0 Å². The van der Waals surface area contributed by atoms with Crippen LogP contribution in [0.25, 0.3) is 0 Å². The molecule has 0 saturated heterocycles. The van der Waals surface area contributed by atoms with Gasteiger partial charge in [0.1, 0.15) is 0 Å². The lowest BCUT2D eigenvalue weighted by atomic mass is 9.76. The molecular weight excluding hydrogens is 322 g/mol. The van der Waals surface area contributed by atoms with Crippen LogP contribution < -0.4 is 10.1 Å². The summed E-state index contributed by atoms with van der Waals surface area (Å²) in [4.78, 5) is 0. The SMILES string of the molecule is COc1cccc(C2Nc3c(C)ccc(Cl)c3C3C=CCC32)c1O. The first-order valence-electron chi connectivity index (χ1n) is 8.20. The average molecular weight is 342 g/mol. The largest absolute Gasteiger partial charge is 0.504 e. The Morgan fingerprint density at radius 1 is 1.25 bits per heavy atom. The van der Waals surface area contributed by atoms with Gasteiger partial charge in [0.25, 0.3) is 0 Å². The predicted octanol–water partition coefficient (Wildman–Crippen LogP) is 5.19. The zero-order valence-corrected chi connectivity index (χ0v) is 14.5. The highest BCUT2D eigenvalue weighted by molar-refractivity contribution is 6.32. The number of benzene rings is 2. The smallest absolute Gasteiger partial charge is 0.163 e. The number of methoxy groups -OCH3 is 1. The van der Waals surface area contributed by atoms with E-state index in [9.17, 15) is 5.11 Å². The summed E-state index contributed by atoms with van der Waals surface area (Å²) in [5, 5.41) is 15.1. The maximum Gasteiger partial charge on any atom is 0.163 e. The third-order valence-corrected chi connectivity index (χ3v) is 5.59. The molecule has 3 atom stereocenters. The van der Waals surface area contributed by atoms with Gasteiger partial charge in [0.05, 0.1) is 13.2 Å². The summed E-state index contributed by atoms with van der Waals surface area (Å²) in [5.41, 5.74) is 4.30. The number of hydrogen-bond acceptors (Lipinski definition) is 3. The van der Waals surface area contributed by atoms with E-state index in [1.807, 2.05) is 24.3 Å². The number of hydrogen-bond donors (Lipinski definition) is 2. The van der Waals surface area contributed by atoms with E-state index in [1.54, 1.807) is 13.2 Å². The van der Waals surface area contributed by atoms with Gasteiger partial charge < -0.3 is 15.2 Å². The van der Waals surface area contributed by atoms with Crippen LogP contribution in [0.5, 0.6) is 11.5 Å². The van der Waals surface area contributed by atoms with E-state index >= 15 is 0 Å². The van der Waals surface area contributed by atoms with Crippen molar-refractivity contribution in [1.29, 1.82) is 0 Å². The maximum atomic E-state index is 10.6. The van der Waals surface area contributed by atoms with Crippen LogP contribution in [0.15, 0.2) is 42.5 Å². The minimum Gasteiger partial charge on any atom is -0.504 e. The lowest BCUT2D eigenvalue weighted by Gasteiger charge is -2.39. The monoisotopic (exact) mass is 341 g/mol. The molecule has 3 nitrogen and oxygen atoms in total. The number of phenolic OH excluding ortho intramolecular Hbond substituents is 1. The van der Waals surface area contributed by atoms with E-state index in [1.165, 1.54) is 11.1 Å². The Kier molecular flexibility index (Phi) is 3.69. The molecule has 2 aromatic carbocycles. The third-order valence-electron chi connectivity index (χ3n) is 5.26. The van der Waals surface area contributed by atoms with E-state index in [4.69, 9.17) is 16.3 Å². The van der Waals surface area contributed by atoms with Gasteiger partial charge in [0.2, 0.25) is 0 Å². The molecule has 0 aromatic heterocycles. The van der Waals surface area contributed by atoms with E-state index in [2.05, 4.69) is 24.4 Å². The summed E-state index contributed by atoms with van der Waals surface area (Å²) in [7, 11) is 1.58. The first kappa shape index (κ1) is 15.4. The van der Waals surface area contributed by atoms with Crippen LogP contribution in [-0.2, 0) is 0 Å². The zero-order valence-electron chi connectivity index (χ0n) is 13.7. The van der Waals surface area contributed by atoms with E-state index < -0.39 is 0 Å². The van der Waals surface area contributed by atoms with Crippen molar-refractivity contribution < 1.29 is 9.84 Å². The van der Waals surface area contributed by atoms with Crippen LogP contribution in [0.1, 0.15) is 35.1 Å². The average Bonchev–Trinajstić information content (AvgIpc) is 3.07. The fraction of sp³-hybridized carbons (Fsp3) is 0.300. The first-order valence-corrected chi connectivity index (χ1v) is 8.57. The first-order chi connectivity index (χ1) is 11.6. The molecule has 0 amide bonds. The third kappa shape index (κ3) is 2.19. The van der Waals surface area contributed by atoms with E-state index in [0.29, 0.717) is 11.7 Å². The number of para-hydroxylation sites is 1. The molecule has 3 unspecified atom stereocenters. The number of halogens is 1. The molecule has 0 saturated carbocycles. The maximum absolute atomic E-state index is 10.6. The molecule has 1 aliphatic heterocycles. The number of nitrogens with one attached hydrogen (secondary N) is 1. The molecule has 2 N–H and O–H groups in total. The summed E-state index contributed by atoms with van der Waals surface area (Å²) in [6.07, 6.45) is 5.43. The number of fused-ring (bicyclic) bond motifs is 3. The number of ether oxygens (including phenoxy) is 1. The van der Waals surface area contributed by atoms with Crippen LogP contribution in [0.4, 0.5) is 5.69 Å². The number of anilines is 1. The van der Waals surface area contributed by atoms with Gasteiger partial charge in [-0.2, -0.15) is 0 Å². The summed E-state index contributed by atoms with van der Waals surface area (Å²) in [6.45, 7) is 2.09. The Labute approximate surface area is 146 Å². The lowest BCUT2D eigenvalue weighted by Crippen LogP contribution is -2.30. The van der Waals surface area contributed by atoms with Crippen LogP contribution in [0.2, 0.25) is 5.02 Å². The summed E-state index contributed by atoms with van der Waals surface area (Å²) in [6, 6.07) is 9.70. The molecular formula is C20H20ClNO2. The Bertz CT molecular complexity index is 831. The van der Waals surface area contributed by atoms with Crippen molar-refractivity contribution in [3.8, 4) is 11.5 Å².